The Bertz CT molecular complexity index is 1860. The van der Waals surface area contributed by atoms with Gasteiger partial charge in [0.05, 0.1) is 34.4 Å². The fourth-order valence-electron chi connectivity index (χ4n) is 9.22. The molecule has 0 amide bonds. The number of ether oxygens (including phenoxy) is 4. The van der Waals surface area contributed by atoms with Gasteiger partial charge in [-0.1, -0.05) is 282 Å². The number of aliphatic carboxylic acids is 1. The Morgan fingerprint density at radius 3 is 0.953 bits per heavy atom. The molecule has 484 valence electrons. The number of carbonyl (C=O) groups is 3. The molecule has 0 aliphatic carbocycles. The lowest BCUT2D eigenvalue weighted by Crippen LogP contribution is -2.40. The van der Waals surface area contributed by atoms with Crippen molar-refractivity contribution in [1.29, 1.82) is 0 Å². The molecule has 0 heterocycles. The molecule has 0 aliphatic heterocycles. The van der Waals surface area contributed by atoms with Gasteiger partial charge in [-0.05, 0) is 109 Å². The molecule has 0 saturated heterocycles. The Kier molecular flexibility index (Phi) is 61.9. The summed E-state index contributed by atoms with van der Waals surface area (Å²) >= 11 is 0. The van der Waals surface area contributed by atoms with Crippen LogP contribution in [-0.4, -0.2) is 87.4 Å². The second kappa shape index (κ2) is 65.4. The summed E-state index contributed by atoms with van der Waals surface area (Å²) < 4.78 is 22.9. The molecule has 0 bridgehead atoms. The summed E-state index contributed by atoms with van der Waals surface area (Å²) in [6, 6.07) is 0. The number of carboxylic acids is 1. The molecular weight excluding hydrogens is 1050 g/mol. The fraction of sp³-hybridized carbons (Fsp3) is 0.671. The largest absolute Gasteiger partial charge is 0.477 e. The number of allylic oxidation sites excluding steroid dienone is 22. The van der Waals surface area contributed by atoms with E-state index in [0.29, 0.717) is 23.9 Å². The predicted octanol–water partition coefficient (Wildman–Crippen LogP) is 21.4. The Hall–Kier alpha value is -4.57. The SMILES string of the molecule is CC/C=C\C/C=C\C/C=C\C/C=C\C/C=C\C/C=C\CCCCCCCCCCCCCCCCCCCCCCCCC(=O)OC(COC(=O)CCCCC/C=C\C/C=C\C/C=C\C/C=C\C/C=C\CC)COC(OCC[N+](C)(C)C)C(=O)O. The van der Waals surface area contributed by atoms with Crippen molar-refractivity contribution in [2.75, 3.05) is 47.5 Å². The third-order valence-corrected chi connectivity index (χ3v) is 14.4. The number of rotatable bonds is 62. The number of hydrogen-bond donors (Lipinski definition) is 1. The normalized spacial score (nSPS) is 13.6. The van der Waals surface area contributed by atoms with Crippen LogP contribution >= 0.6 is 0 Å². The van der Waals surface area contributed by atoms with Crippen molar-refractivity contribution >= 4 is 17.9 Å². The van der Waals surface area contributed by atoms with Crippen LogP contribution in [0.15, 0.2) is 134 Å². The average molecular weight is 1180 g/mol. The monoisotopic (exact) mass is 1180 g/mol. The van der Waals surface area contributed by atoms with Gasteiger partial charge >= 0.3 is 17.9 Å². The number of hydrogen-bond acceptors (Lipinski definition) is 7. The summed E-state index contributed by atoms with van der Waals surface area (Å²) in [6.45, 7) is 4.61. The first-order valence-electron chi connectivity index (χ1n) is 34.3. The van der Waals surface area contributed by atoms with Gasteiger partial charge in [0, 0.05) is 12.8 Å². The van der Waals surface area contributed by atoms with Crippen molar-refractivity contribution in [2.45, 2.75) is 283 Å². The molecule has 0 aliphatic rings. The van der Waals surface area contributed by atoms with Crippen molar-refractivity contribution < 1.29 is 42.9 Å². The number of nitrogens with zero attached hydrogens (tertiary/aromatic N) is 1. The lowest BCUT2D eigenvalue weighted by atomic mass is 10.0. The molecule has 2 unspecified atom stereocenters. The molecule has 0 aromatic rings. The van der Waals surface area contributed by atoms with E-state index in [2.05, 4.69) is 148 Å². The highest BCUT2D eigenvalue weighted by Crippen LogP contribution is 2.17. The van der Waals surface area contributed by atoms with Crippen LogP contribution in [0.5, 0.6) is 0 Å². The lowest BCUT2D eigenvalue weighted by Gasteiger charge is -2.25. The third-order valence-electron chi connectivity index (χ3n) is 14.4. The van der Waals surface area contributed by atoms with Gasteiger partial charge in [-0.25, -0.2) is 4.79 Å². The minimum atomic E-state index is -1.52. The number of carboxylic acid groups (broad SMARTS) is 1. The van der Waals surface area contributed by atoms with Gasteiger partial charge in [0.2, 0.25) is 0 Å². The van der Waals surface area contributed by atoms with Crippen LogP contribution in [0.3, 0.4) is 0 Å². The Morgan fingerprint density at radius 2 is 0.635 bits per heavy atom. The van der Waals surface area contributed by atoms with Crippen LogP contribution in [0.2, 0.25) is 0 Å². The molecule has 9 heteroatoms. The van der Waals surface area contributed by atoms with Gasteiger partial charge in [-0.3, -0.25) is 9.59 Å². The molecule has 0 saturated carbocycles. The second-order valence-corrected chi connectivity index (χ2v) is 23.7. The minimum absolute atomic E-state index is 0.178. The van der Waals surface area contributed by atoms with Crippen molar-refractivity contribution in [2.24, 2.45) is 0 Å². The quantitative estimate of drug-likeness (QED) is 0.0211. The highest BCUT2D eigenvalue weighted by molar-refractivity contribution is 5.71. The summed E-state index contributed by atoms with van der Waals surface area (Å²) in [5, 5.41) is 9.73. The van der Waals surface area contributed by atoms with Crippen LogP contribution in [0.25, 0.3) is 0 Å². The number of carbonyl (C=O) groups excluding carboxylic acids is 2. The molecule has 0 aromatic heterocycles. The third kappa shape index (κ3) is 66.8. The highest BCUT2D eigenvalue weighted by Gasteiger charge is 2.25. The second-order valence-electron chi connectivity index (χ2n) is 23.7. The van der Waals surface area contributed by atoms with E-state index in [-0.39, 0.29) is 38.6 Å². The lowest BCUT2D eigenvalue weighted by molar-refractivity contribution is -0.870. The summed E-state index contributed by atoms with van der Waals surface area (Å²) in [4.78, 5) is 37.5. The predicted molar refractivity (Wildman–Crippen MR) is 364 cm³/mol. The molecule has 9 nitrogen and oxygen atoms in total. The zero-order chi connectivity index (χ0) is 61.9. The first kappa shape index (κ1) is 80.4. The van der Waals surface area contributed by atoms with Crippen LogP contribution in [0, 0.1) is 0 Å². The molecule has 1 N–H and O–H groups in total. The van der Waals surface area contributed by atoms with E-state index < -0.39 is 24.3 Å². The van der Waals surface area contributed by atoms with Crippen molar-refractivity contribution in [3.05, 3.63) is 134 Å². The standard InChI is InChI=1S/C76H127NO8/c1-6-8-10-12-14-16-18-20-22-24-26-27-28-29-30-31-32-33-34-35-36-37-38-39-40-41-42-43-44-45-46-47-49-51-53-55-57-59-61-63-65-67-74(79)85-72(71-84-76(75(80)81)82-69-68-77(3,4)5)70-83-73(78)66-64-62-60-58-56-54-52-50-48-25-23-21-19-17-15-13-11-9-7-2/h8-11,14-17,20-23,26-27,29-30,32-33,48,50,54,56,72,76H,6-7,12-13,18-19,24-25,28,31,34-47,49,51-53,55,57-71H2,1-5H3/p+1/b10-8-,11-9-,16-14-,17-15-,22-20-,23-21-,27-26-,30-29-,33-32-,50-48-,56-54-. The van der Waals surface area contributed by atoms with E-state index in [1.807, 2.05) is 21.1 Å². The Balaban J connectivity index is 4.04. The van der Waals surface area contributed by atoms with Crippen LogP contribution in [0.1, 0.15) is 271 Å². The van der Waals surface area contributed by atoms with Crippen LogP contribution < -0.4 is 0 Å². The van der Waals surface area contributed by atoms with E-state index in [9.17, 15) is 19.5 Å². The molecule has 0 radical (unpaired) electrons. The van der Waals surface area contributed by atoms with Gasteiger partial charge in [-0.2, -0.15) is 0 Å². The van der Waals surface area contributed by atoms with Crippen molar-refractivity contribution in [1.82, 2.24) is 0 Å². The zero-order valence-electron chi connectivity index (χ0n) is 55.2. The fourth-order valence-corrected chi connectivity index (χ4v) is 9.22. The molecule has 0 aromatic carbocycles. The number of esters is 2. The molecular formula is C76H128NO8+. The van der Waals surface area contributed by atoms with Gasteiger partial charge in [0.15, 0.2) is 6.10 Å². The number of quaternary nitrogens is 1. The maximum absolute atomic E-state index is 12.9. The summed E-state index contributed by atoms with van der Waals surface area (Å²) in [5.41, 5.74) is 0. The molecule has 0 spiro atoms. The van der Waals surface area contributed by atoms with E-state index in [1.54, 1.807) is 0 Å². The van der Waals surface area contributed by atoms with E-state index >= 15 is 0 Å². The van der Waals surface area contributed by atoms with Crippen LogP contribution in [0.4, 0.5) is 0 Å². The van der Waals surface area contributed by atoms with E-state index in [4.69, 9.17) is 18.9 Å². The maximum atomic E-state index is 12.9. The zero-order valence-corrected chi connectivity index (χ0v) is 55.2. The first-order valence-corrected chi connectivity index (χ1v) is 34.3. The maximum Gasteiger partial charge on any atom is 0.361 e. The summed E-state index contributed by atoms with van der Waals surface area (Å²) in [7, 11) is 5.96. The van der Waals surface area contributed by atoms with Gasteiger partial charge in [-0.15, -0.1) is 0 Å². The summed E-state index contributed by atoms with van der Waals surface area (Å²) in [6.07, 6.45) is 91.5. The average Bonchev–Trinajstić information content (AvgIpc) is 3.49. The van der Waals surface area contributed by atoms with Crippen LogP contribution in [-0.2, 0) is 33.3 Å². The van der Waals surface area contributed by atoms with E-state index in [1.165, 1.54) is 128 Å². The first-order chi connectivity index (χ1) is 41.6. The molecule has 2 atom stereocenters. The molecule has 0 fully saturated rings. The number of likely N-dealkylation sites (N-methyl/N-ethyl adjacent to an activating group) is 1. The number of unbranched alkanes of at least 4 members (excludes halogenated alkanes) is 25. The summed E-state index contributed by atoms with van der Waals surface area (Å²) in [5.74, 6) is -2.05. The topological polar surface area (TPSA) is 108 Å². The van der Waals surface area contributed by atoms with Crippen molar-refractivity contribution in [3.63, 3.8) is 0 Å². The Morgan fingerprint density at radius 1 is 0.353 bits per heavy atom. The van der Waals surface area contributed by atoms with Gasteiger partial charge in [0.1, 0.15) is 13.2 Å². The van der Waals surface area contributed by atoms with Gasteiger partial charge < -0.3 is 28.5 Å². The molecule has 0 rings (SSSR count). The smallest absolute Gasteiger partial charge is 0.361 e. The highest BCUT2D eigenvalue weighted by atomic mass is 16.7. The van der Waals surface area contributed by atoms with Gasteiger partial charge in [0.25, 0.3) is 6.29 Å². The molecule has 85 heavy (non-hydrogen) atoms. The van der Waals surface area contributed by atoms with E-state index in [0.717, 1.165) is 103 Å². The van der Waals surface area contributed by atoms with Crippen molar-refractivity contribution in [3.8, 4) is 0 Å². The Labute approximate surface area is 522 Å². The minimum Gasteiger partial charge on any atom is -0.477 e.